The predicted molar refractivity (Wildman–Crippen MR) is 45.1 cm³/mol. The number of epoxide rings is 1. The Kier molecular flexibility index (Phi) is 2.28. The maximum atomic E-state index is 5.42. The molecule has 63 valence electrons. The van der Waals surface area contributed by atoms with Crippen LogP contribution in [0.1, 0.15) is 6.42 Å². The molecule has 0 aromatic heterocycles. The lowest BCUT2D eigenvalue weighted by Crippen LogP contribution is -2.00. The lowest BCUT2D eigenvalue weighted by atomic mass is 10.3. The number of rotatable bonds is 4. The lowest BCUT2D eigenvalue weighted by molar-refractivity contribution is 0.282. The monoisotopic (exact) mass is 163 g/mol. The summed E-state index contributed by atoms with van der Waals surface area (Å²) in [5, 5.41) is 0. The summed E-state index contributed by atoms with van der Waals surface area (Å²) in [4.78, 5) is 0. The standard InChI is InChI=1S/C10H11O2/c1-2-4-9(5-3-1)11-7-6-10-8-12-10/h1-4,10H,6-8H2. The molecule has 12 heavy (non-hydrogen) atoms. The minimum absolute atomic E-state index is 0.453. The highest BCUT2D eigenvalue weighted by molar-refractivity contribution is 5.19. The van der Waals surface area contributed by atoms with Gasteiger partial charge in [0.1, 0.15) is 5.75 Å². The van der Waals surface area contributed by atoms with Crippen LogP contribution in [0.3, 0.4) is 0 Å². The molecule has 2 heteroatoms. The van der Waals surface area contributed by atoms with Gasteiger partial charge < -0.3 is 9.47 Å². The van der Waals surface area contributed by atoms with Crippen LogP contribution >= 0.6 is 0 Å². The van der Waals surface area contributed by atoms with Crippen LogP contribution in [0, 0.1) is 6.07 Å². The highest BCUT2D eigenvalue weighted by Crippen LogP contribution is 2.14. The lowest BCUT2D eigenvalue weighted by Gasteiger charge is -2.02. The molecule has 0 spiro atoms. The fraction of sp³-hybridized carbons (Fsp3) is 0.400. The zero-order valence-corrected chi connectivity index (χ0v) is 6.82. The Bertz CT molecular complexity index is 229. The summed E-state index contributed by atoms with van der Waals surface area (Å²) in [6, 6.07) is 10.6. The summed E-state index contributed by atoms with van der Waals surface area (Å²) in [6.45, 7) is 1.63. The Morgan fingerprint density at radius 3 is 3.17 bits per heavy atom. The summed E-state index contributed by atoms with van der Waals surface area (Å²) < 4.78 is 10.5. The molecule has 1 aliphatic rings. The first kappa shape index (κ1) is 7.62. The summed E-state index contributed by atoms with van der Waals surface area (Å²) in [7, 11) is 0. The minimum Gasteiger partial charge on any atom is -0.493 e. The number of para-hydroxylation sites is 1. The molecule has 0 bridgehead atoms. The van der Waals surface area contributed by atoms with Crippen LogP contribution in [0.25, 0.3) is 0 Å². The van der Waals surface area contributed by atoms with Crippen LogP contribution in [-0.2, 0) is 4.74 Å². The number of hydrogen-bond donors (Lipinski definition) is 0. The summed E-state index contributed by atoms with van der Waals surface area (Å²) >= 11 is 0. The summed E-state index contributed by atoms with van der Waals surface area (Å²) in [5.41, 5.74) is 0. The molecule has 0 amide bonds. The minimum atomic E-state index is 0.453. The molecule has 1 aromatic rings. The molecule has 1 fully saturated rings. The van der Waals surface area contributed by atoms with Crippen molar-refractivity contribution in [2.45, 2.75) is 12.5 Å². The van der Waals surface area contributed by atoms with Crippen molar-refractivity contribution in [1.82, 2.24) is 0 Å². The third-order valence-corrected chi connectivity index (χ3v) is 1.78. The maximum absolute atomic E-state index is 5.42. The van der Waals surface area contributed by atoms with E-state index in [1.54, 1.807) is 0 Å². The molecule has 1 aliphatic heterocycles. The van der Waals surface area contributed by atoms with Crippen LogP contribution < -0.4 is 4.74 Å². The van der Waals surface area contributed by atoms with Gasteiger partial charge in [0.25, 0.3) is 0 Å². The van der Waals surface area contributed by atoms with Gasteiger partial charge in [-0.2, -0.15) is 0 Å². The van der Waals surface area contributed by atoms with E-state index in [9.17, 15) is 0 Å². The van der Waals surface area contributed by atoms with Crippen LogP contribution in [0.4, 0.5) is 0 Å². The Morgan fingerprint density at radius 1 is 1.58 bits per heavy atom. The Labute approximate surface area is 72.1 Å². The summed E-state index contributed by atoms with van der Waals surface area (Å²) in [6.07, 6.45) is 1.44. The van der Waals surface area contributed by atoms with Crippen LogP contribution in [0.5, 0.6) is 5.75 Å². The molecule has 1 radical (unpaired) electrons. The number of benzene rings is 1. The Hall–Kier alpha value is -1.02. The highest BCUT2D eigenvalue weighted by atomic mass is 16.6. The fourth-order valence-electron chi connectivity index (χ4n) is 1.00. The van der Waals surface area contributed by atoms with Gasteiger partial charge in [0.2, 0.25) is 0 Å². The molecule has 0 N–H and O–H groups in total. The predicted octanol–water partition coefficient (Wildman–Crippen LogP) is 1.65. The average Bonchev–Trinajstić information content (AvgIpc) is 2.90. The van der Waals surface area contributed by atoms with Crippen molar-refractivity contribution in [3.8, 4) is 5.75 Å². The van der Waals surface area contributed by atoms with E-state index < -0.39 is 0 Å². The molecular formula is C10H11O2. The van der Waals surface area contributed by atoms with E-state index in [1.807, 2.05) is 24.3 Å². The van der Waals surface area contributed by atoms with Gasteiger partial charge in [-0.25, -0.2) is 0 Å². The van der Waals surface area contributed by atoms with Gasteiger partial charge in [0.15, 0.2) is 0 Å². The van der Waals surface area contributed by atoms with Crippen molar-refractivity contribution in [3.63, 3.8) is 0 Å². The molecule has 1 unspecified atom stereocenters. The quantitative estimate of drug-likeness (QED) is 0.629. The molecule has 0 aliphatic carbocycles. The van der Waals surface area contributed by atoms with Gasteiger partial charge in [-0.1, -0.05) is 18.2 Å². The maximum Gasteiger partial charge on any atom is 0.127 e. The van der Waals surface area contributed by atoms with Crippen LogP contribution in [-0.4, -0.2) is 19.3 Å². The van der Waals surface area contributed by atoms with Gasteiger partial charge in [0.05, 0.1) is 19.3 Å². The first-order chi connectivity index (χ1) is 5.95. The van der Waals surface area contributed by atoms with Crippen molar-refractivity contribution in [2.75, 3.05) is 13.2 Å². The van der Waals surface area contributed by atoms with E-state index in [0.29, 0.717) is 6.10 Å². The molecule has 0 saturated carbocycles. The van der Waals surface area contributed by atoms with Gasteiger partial charge >= 0.3 is 0 Å². The normalized spacial score (nSPS) is 20.5. The third kappa shape index (κ3) is 2.24. The first-order valence-electron chi connectivity index (χ1n) is 4.16. The van der Waals surface area contributed by atoms with Crippen molar-refractivity contribution < 1.29 is 9.47 Å². The second-order valence-electron chi connectivity index (χ2n) is 2.82. The van der Waals surface area contributed by atoms with Gasteiger partial charge in [0, 0.05) is 12.5 Å². The highest BCUT2D eigenvalue weighted by Gasteiger charge is 2.21. The Morgan fingerprint density at radius 2 is 2.50 bits per heavy atom. The van der Waals surface area contributed by atoms with Crippen LogP contribution in [0.2, 0.25) is 0 Å². The van der Waals surface area contributed by atoms with E-state index in [-0.39, 0.29) is 0 Å². The zero-order valence-electron chi connectivity index (χ0n) is 6.82. The molecular weight excluding hydrogens is 152 g/mol. The fourth-order valence-corrected chi connectivity index (χ4v) is 1.00. The van der Waals surface area contributed by atoms with E-state index in [0.717, 1.165) is 25.4 Å². The number of ether oxygens (including phenoxy) is 2. The number of hydrogen-bond acceptors (Lipinski definition) is 2. The van der Waals surface area contributed by atoms with Crippen molar-refractivity contribution in [1.29, 1.82) is 0 Å². The smallest absolute Gasteiger partial charge is 0.127 e. The van der Waals surface area contributed by atoms with E-state index >= 15 is 0 Å². The van der Waals surface area contributed by atoms with E-state index in [2.05, 4.69) is 6.07 Å². The molecule has 1 heterocycles. The van der Waals surface area contributed by atoms with Crippen LogP contribution in [0.15, 0.2) is 24.3 Å². The third-order valence-electron chi connectivity index (χ3n) is 1.78. The molecule has 1 aromatic carbocycles. The second kappa shape index (κ2) is 3.59. The van der Waals surface area contributed by atoms with Gasteiger partial charge in [-0.3, -0.25) is 0 Å². The van der Waals surface area contributed by atoms with Gasteiger partial charge in [-0.15, -0.1) is 0 Å². The van der Waals surface area contributed by atoms with Crippen molar-refractivity contribution in [3.05, 3.63) is 30.3 Å². The molecule has 2 nitrogen and oxygen atoms in total. The molecule has 1 atom stereocenters. The Balaban J connectivity index is 1.72. The second-order valence-corrected chi connectivity index (χ2v) is 2.82. The van der Waals surface area contributed by atoms with Crippen molar-refractivity contribution in [2.24, 2.45) is 0 Å². The summed E-state index contributed by atoms with van der Waals surface area (Å²) in [5.74, 6) is 0.818. The average molecular weight is 163 g/mol. The van der Waals surface area contributed by atoms with Crippen molar-refractivity contribution >= 4 is 0 Å². The molecule has 2 rings (SSSR count). The largest absolute Gasteiger partial charge is 0.493 e. The first-order valence-corrected chi connectivity index (χ1v) is 4.16. The molecule has 1 saturated heterocycles. The SMILES string of the molecule is [c]1ccccc1OCCC1CO1. The van der Waals surface area contributed by atoms with Gasteiger partial charge in [-0.05, 0) is 6.07 Å². The van der Waals surface area contributed by atoms with E-state index in [1.165, 1.54) is 0 Å². The zero-order chi connectivity index (χ0) is 8.23. The topological polar surface area (TPSA) is 21.8 Å². The van der Waals surface area contributed by atoms with E-state index in [4.69, 9.17) is 9.47 Å².